The van der Waals surface area contributed by atoms with E-state index in [4.69, 9.17) is 5.73 Å². The first-order valence-electron chi connectivity index (χ1n) is 6.10. The van der Waals surface area contributed by atoms with Crippen LogP contribution in [0.25, 0.3) is 0 Å². The van der Waals surface area contributed by atoms with E-state index in [-0.39, 0.29) is 17.7 Å². The summed E-state index contributed by atoms with van der Waals surface area (Å²) in [7, 11) is 0. The SMILES string of the molecule is NC(=O)c1cc(NC(=O)Cc2cccs2)cc(C(F)(F)F)c1. The third-order valence-corrected chi connectivity index (χ3v) is 3.62. The highest BCUT2D eigenvalue weighted by atomic mass is 32.1. The Balaban J connectivity index is 2.24. The maximum atomic E-state index is 12.8. The Hall–Kier alpha value is -2.35. The fourth-order valence-electron chi connectivity index (χ4n) is 1.78. The van der Waals surface area contributed by atoms with Crippen molar-refractivity contribution < 1.29 is 22.8 Å². The van der Waals surface area contributed by atoms with Crippen LogP contribution in [0.4, 0.5) is 18.9 Å². The first-order chi connectivity index (χ1) is 10.3. The number of alkyl halides is 3. The van der Waals surface area contributed by atoms with Gasteiger partial charge in [0, 0.05) is 16.1 Å². The molecule has 0 unspecified atom stereocenters. The molecule has 1 aromatic heterocycles. The second-order valence-corrected chi connectivity index (χ2v) is 5.50. The second kappa shape index (κ2) is 6.18. The summed E-state index contributed by atoms with van der Waals surface area (Å²) in [5.74, 6) is -1.47. The van der Waals surface area contributed by atoms with Crippen LogP contribution in [0, 0.1) is 0 Å². The zero-order valence-corrected chi connectivity index (χ0v) is 11.9. The van der Waals surface area contributed by atoms with E-state index < -0.39 is 23.6 Å². The maximum absolute atomic E-state index is 12.8. The summed E-state index contributed by atoms with van der Waals surface area (Å²) in [6, 6.07) is 6.04. The van der Waals surface area contributed by atoms with Gasteiger partial charge < -0.3 is 11.1 Å². The van der Waals surface area contributed by atoms with Gasteiger partial charge in [0.2, 0.25) is 11.8 Å². The zero-order chi connectivity index (χ0) is 16.3. The lowest BCUT2D eigenvalue weighted by Crippen LogP contribution is -2.17. The van der Waals surface area contributed by atoms with Gasteiger partial charge >= 0.3 is 6.18 Å². The number of thiophene rings is 1. The van der Waals surface area contributed by atoms with Crippen molar-refractivity contribution in [1.82, 2.24) is 0 Å². The van der Waals surface area contributed by atoms with Gasteiger partial charge in [-0.05, 0) is 29.6 Å². The van der Waals surface area contributed by atoms with Crippen LogP contribution in [-0.4, -0.2) is 11.8 Å². The molecule has 3 N–H and O–H groups in total. The van der Waals surface area contributed by atoms with Gasteiger partial charge in [0.15, 0.2) is 0 Å². The number of primary amides is 1. The van der Waals surface area contributed by atoms with Gasteiger partial charge in [-0.1, -0.05) is 6.07 Å². The molecule has 1 aromatic carbocycles. The van der Waals surface area contributed by atoms with Crippen LogP contribution >= 0.6 is 11.3 Å². The molecule has 2 rings (SSSR count). The van der Waals surface area contributed by atoms with Crippen molar-refractivity contribution in [3.63, 3.8) is 0 Å². The van der Waals surface area contributed by atoms with E-state index in [0.717, 1.165) is 17.0 Å². The van der Waals surface area contributed by atoms with Gasteiger partial charge in [-0.2, -0.15) is 13.2 Å². The Bertz CT molecular complexity index is 697. The third kappa shape index (κ3) is 4.08. The molecular weight excluding hydrogens is 317 g/mol. The first kappa shape index (κ1) is 16.0. The van der Waals surface area contributed by atoms with E-state index >= 15 is 0 Å². The van der Waals surface area contributed by atoms with Crippen LogP contribution in [-0.2, 0) is 17.4 Å². The van der Waals surface area contributed by atoms with Crippen molar-refractivity contribution in [2.45, 2.75) is 12.6 Å². The quantitative estimate of drug-likeness (QED) is 0.905. The number of hydrogen-bond acceptors (Lipinski definition) is 3. The number of rotatable bonds is 4. The van der Waals surface area contributed by atoms with E-state index in [9.17, 15) is 22.8 Å². The molecule has 0 radical (unpaired) electrons. The molecule has 4 nitrogen and oxygen atoms in total. The molecule has 0 aliphatic rings. The Morgan fingerprint density at radius 3 is 2.50 bits per heavy atom. The van der Waals surface area contributed by atoms with Crippen molar-refractivity contribution in [3.05, 3.63) is 51.7 Å². The number of hydrogen-bond donors (Lipinski definition) is 2. The Morgan fingerprint density at radius 2 is 1.95 bits per heavy atom. The average molecular weight is 328 g/mol. The smallest absolute Gasteiger partial charge is 0.366 e. The van der Waals surface area contributed by atoms with Gasteiger partial charge in [0.1, 0.15) is 0 Å². The lowest BCUT2D eigenvalue weighted by Gasteiger charge is -2.11. The van der Waals surface area contributed by atoms with Crippen molar-refractivity contribution >= 4 is 28.8 Å². The summed E-state index contributed by atoms with van der Waals surface area (Å²) in [6.07, 6.45) is -4.60. The summed E-state index contributed by atoms with van der Waals surface area (Å²) < 4.78 is 38.4. The molecule has 8 heteroatoms. The van der Waals surface area contributed by atoms with Crippen LogP contribution < -0.4 is 11.1 Å². The Morgan fingerprint density at radius 1 is 1.23 bits per heavy atom. The molecular formula is C14H11F3N2O2S. The molecule has 1 heterocycles. The zero-order valence-electron chi connectivity index (χ0n) is 11.1. The topological polar surface area (TPSA) is 72.2 Å². The highest BCUT2D eigenvalue weighted by Crippen LogP contribution is 2.32. The minimum atomic E-state index is -4.64. The van der Waals surface area contributed by atoms with Crippen LogP contribution in [0.5, 0.6) is 0 Å². The Kier molecular flexibility index (Phi) is 4.51. The number of carbonyl (C=O) groups is 2. The predicted octanol–water partition coefficient (Wildman–Crippen LogP) is 3.05. The van der Waals surface area contributed by atoms with E-state index in [2.05, 4.69) is 5.32 Å². The van der Waals surface area contributed by atoms with Gasteiger partial charge in [0.05, 0.1) is 12.0 Å². The third-order valence-electron chi connectivity index (χ3n) is 2.74. The van der Waals surface area contributed by atoms with E-state index in [1.165, 1.54) is 11.3 Å². The molecule has 116 valence electrons. The van der Waals surface area contributed by atoms with Crippen LogP contribution in [0.2, 0.25) is 0 Å². The minimum absolute atomic E-state index is 0.0415. The van der Waals surface area contributed by atoms with E-state index in [1.807, 2.05) is 0 Å². The number of anilines is 1. The van der Waals surface area contributed by atoms with Gasteiger partial charge in [-0.15, -0.1) is 11.3 Å². The molecule has 0 atom stereocenters. The van der Waals surface area contributed by atoms with Gasteiger partial charge in [0.25, 0.3) is 0 Å². The van der Waals surface area contributed by atoms with Crippen molar-refractivity contribution in [2.24, 2.45) is 5.73 Å². The molecule has 0 bridgehead atoms. The number of benzene rings is 1. The fourth-order valence-corrected chi connectivity index (χ4v) is 2.49. The van der Waals surface area contributed by atoms with Gasteiger partial charge in [-0.25, -0.2) is 0 Å². The molecule has 2 amide bonds. The van der Waals surface area contributed by atoms with E-state index in [0.29, 0.717) is 6.07 Å². The summed E-state index contributed by atoms with van der Waals surface area (Å²) in [5, 5.41) is 4.14. The predicted molar refractivity (Wildman–Crippen MR) is 76.6 cm³/mol. The van der Waals surface area contributed by atoms with Crippen molar-refractivity contribution in [1.29, 1.82) is 0 Å². The summed E-state index contributed by atoms with van der Waals surface area (Å²) in [6.45, 7) is 0. The molecule has 0 saturated heterocycles. The minimum Gasteiger partial charge on any atom is -0.366 e. The summed E-state index contributed by atoms with van der Waals surface area (Å²) >= 11 is 1.36. The Labute approximate surface area is 127 Å². The van der Waals surface area contributed by atoms with Crippen LogP contribution in [0.3, 0.4) is 0 Å². The molecule has 22 heavy (non-hydrogen) atoms. The van der Waals surface area contributed by atoms with Crippen LogP contribution in [0.15, 0.2) is 35.7 Å². The monoisotopic (exact) mass is 328 g/mol. The molecule has 0 saturated carbocycles. The lowest BCUT2D eigenvalue weighted by atomic mass is 10.1. The molecule has 2 aromatic rings. The maximum Gasteiger partial charge on any atom is 0.416 e. The second-order valence-electron chi connectivity index (χ2n) is 4.47. The molecule has 0 fully saturated rings. The number of amides is 2. The molecule has 0 spiro atoms. The lowest BCUT2D eigenvalue weighted by molar-refractivity contribution is -0.137. The highest BCUT2D eigenvalue weighted by molar-refractivity contribution is 7.10. The number of nitrogens with one attached hydrogen (secondary N) is 1. The van der Waals surface area contributed by atoms with Crippen LogP contribution in [0.1, 0.15) is 20.8 Å². The number of carbonyl (C=O) groups excluding carboxylic acids is 2. The number of halogens is 3. The highest BCUT2D eigenvalue weighted by Gasteiger charge is 2.31. The van der Waals surface area contributed by atoms with Crippen molar-refractivity contribution in [2.75, 3.05) is 5.32 Å². The first-order valence-corrected chi connectivity index (χ1v) is 6.98. The molecule has 0 aliphatic heterocycles. The standard InChI is InChI=1S/C14H11F3N2O2S/c15-14(16,17)9-4-8(13(18)21)5-10(6-9)19-12(20)7-11-2-1-3-22-11/h1-6H,7H2,(H2,18,21)(H,19,20). The number of nitrogens with two attached hydrogens (primary N) is 1. The largest absolute Gasteiger partial charge is 0.416 e. The van der Waals surface area contributed by atoms with E-state index in [1.54, 1.807) is 17.5 Å². The summed E-state index contributed by atoms with van der Waals surface area (Å²) in [4.78, 5) is 23.7. The fraction of sp³-hybridized carbons (Fsp3) is 0.143. The van der Waals surface area contributed by atoms with Gasteiger partial charge in [-0.3, -0.25) is 9.59 Å². The average Bonchev–Trinajstić information content (AvgIpc) is 2.89. The summed E-state index contributed by atoms with van der Waals surface area (Å²) in [5.41, 5.74) is 3.53. The molecule has 0 aliphatic carbocycles. The normalized spacial score (nSPS) is 11.2. The van der Waals surface area contributed by atoms with Crippen molar-refractivity contribution in [3.8, 4) is 0 Å².